The van der Waals surface area contributed by atoms with Gasteiger partial charge in [-0.1, -0.05) is 24.3 Å². The summed E-state index contributed by atoms with van der Waals surface area (Å²) < 4.78 is 10.7. The number of ketones is 1. The van der Waals surface area contributed by atoms with Gasteiger partial charge in [-0.15, -0.1) is 0 Å². The number of Topliss-reactive ketones (excluding diaryl/α,β-unsaturated/α-hetero) is 1. The van der Waals surface area contributed by atoms with Crippen LogP contribution in [0.3, 0.4) is 0 Å². The van der Waals surface area contributed by atoms with Crippen molar-refractivity contribution >= 4 is 23.1 Å². The summed E-state index contributed by atoms with van der Waals surface area (Å²) in [6.07, 6.45) is 0.721. The summed E-state index contributed by atoms with van der Waals surface area (Å²) in [5, 5.41) is 11.2. The van der Waals surface area contributed by atoms with E-state index < -0.39 is 17.7 Å². The summed E-state index contributed by atoms with van der Waals surface area (Å²) in [5.74, 6) is -0.892. The van der Waals surface area contributed by atoms with Crippen LogP contribution in [0.2, 0.25) is 0 Å². The third kappa shape index (κ3) is 5.33. The fourth-order valence-electron chi connectivity index (χ4n) is 4.63. The molecule has 2 aromatic rings. The van der Waals surface area contributed by atoms with Gasteiger partial charge in [-0.25, -0.2) is 0 Å². The van der Waals surface area contributed by atoms with E-state index >= 15 is 0 Å². The molecule has 1 atom stereocenters. The highest BCUT2D eigenvalue weighted by atomic mass is 16.5. The number of carbonyl (C=O) groups excluding carboxylic acids is 2. The van der Waals surface area contributed by atoms with Gasteiger partial charge in [-0.2, -0.15) is 0 Å². The first kappa shape index (κ1) is 24.8. The average molecular weight is 480 g/mol. The molecule has 0 bridgehead atoms. The number of carbonyl (C=O) groups is 2. The Morgan fingerprint density at radius 2 is 1.80 bits per heavy atom. The molecule has 2 aliphatic rings. The molecular formula is C27H33N3O5. The lowest BCUT2D eigenvalue weighted by molar-refractivity contribution is -0.140. The molecule has 8 heteroatoms. The fourth-order valence-corrected chi connectivity index (χ4v) is 4.63. The van der Waals surface area contributed by atoms with Crippen LogP contribution >= 0.6 is 0 Å². The molecule has 2 heterocycles. The topological polar surface area (TPSA) is 82.5 Å². The number of likely N-dealkylation sites (tertiary alicyclic amines) is 1. The number of amides is 1. The number of aliphatic hydroxyl groups is 1. The van der Waals surface area contributed by atoms with Crippen molar-refractivity contribution in [3.8, 4) is 5.75 Å². The van der Waals surface area contributed by atoms with Gasteiger partial charge in [0, 0.05) is 51.5 Å². The fraction of sp³-hybridized carbons (Fsp3) is 0.407. The molecule has 0 aliphatic carbocycles. The van der Waals surface area contributed by atoms with Crippen molar-refractivity contribution in [3.63, 3.8) is 0 Å². The van der Waals surface area contributed by atoms with Crippen molar-refractivity contribution in [2.24, 2.45) is 0 Å². The molecule has 0 radical (unpaired) electrons. The summed E-state index contributed by atoms with van der Waals surface area (Å²) in [6.45, 7) is 4.38. The maximum absolute atomic E-state index is 13.2. The Kier molecular flexibility index (Phi) is 7.73. The first-order valence-electron chi connectivity index (χ1n) is 11.9. The smallest absolute Gasteiger partial charge is 0.295 e. The monoisotopic (exact) mass is 479 g/mol. The van der Waals surface area contributed by atoms with E-state index in [1.165, 1.54) is 0 Å². The standard InChI is InChI=1S/C27H33N3O5/c1-28(2)21-10-8-19(9-11-21)24-23(25(31)20-6-4-7-22(18-20)34-3)26(32)27(33)30(24)13-5-12-29-14-16-35-17-15-29/h4,6-11,18,24,31H,5,12-17H2,1-3H3/b25-23+. The van der Waals surface area contributed by atoms with Gasteiger partial charge in [-0.05, 0) is 36.2 Å². The lowest BCUT2D eigenvalue weighted by Crippen LogP contribution is -2.38. The van der Waals surface area contributed by atoms with Crippen LogP contribution in [0.15, 0.2) is 54.1 Å². The van der Waals surface area contributed by atoms with E-state index in [2.05, 4.69) is 4.90 Å². The van der Waals surface area contributed by atoms with Crippen molar-refractivity contribution in [1.29, 1.82) is 0 Å². The van der Waals surface area contributed by atoms with E-state index in [1.54, 1.807) is 36.3 Å². The van der Waals surface area contributed by atoms with Crippen molar-refractivity contribution in [2.75, 3.05) is 65.5 Å². The second kappa shape index (κ2) is 10.9. The molecule has 2 aromatic carbocycles. The molecule has 1 unspecified atom stereocenters. The van der Waals surface area contributed by atoms with Crippen molar-refractivity contribution < 1.29 is 24.2 Å². The van der Waals surface area contributed by atoms with Crippen LogP contribution in [0.25, 0.3) is 5.76 Å². The number of rotatable bonds is 8. The Balaban J connectivity index is 1.69. The van der Waals surface area contributed by atoms with Gasteiger partial charge < -0.3 is 24.4 Å². The molecule has 0 spiro atoms. The number of methoxy groups -OCH3 is 1. The molecule has 1 N–H and O–H groups in total. The molecule has 2 aliphatic heterocycles. The van der Waals surface area contributed by atoms with Gasteiger partial charge in [0.1, 0.15) is 11.5 Å². The maximum atomic E-state index is 13.2. The zero-order chi connectivity index (χ0) is 24.9. The molecule has 8 nitrogen and oxygen atoms in total. The van der Waals surface area contributed by atoms with Crippen LogP contribution in [0.4, 0.5) is 5.69 Å². The predicted molar refractivity (Wildman–Crippen MR) is 135 cm³/mol. The van der Waals surface area contributed by atoms with Crippen LogP contribution in [0, 0.1) is 0 Å². The minimum atomic E-state index is -0.668. The number of benzene rings is 2. The van der Waals surface area contributed by atoms with E-state index in [0.717, 1.165) is 37.3 Å². The van der Waals surface area contributed by atoms with Crippen LogP contribution in [0.5, 0.6) is 5.75 Å². The summed E-state index contributed by atoms with van der Waals surface area (Å²) in [4.78, 5) is 32.3. The number of morpholine rings is 1. The average Bonchev–Trinajstić information content (AvgIpc) is 3.14. The Morgan fingerprint density at radius 3 is 2.46 bits per heavy atom. The molecule has 0 aromatic heterocycles. The minimum absolute atomic E-state index is 0.104. The Labute approximate surface area is 206 Å². The van der Waals surface area contributed by atoms with Gasteiger partial charge >= 0.3 is 0 Å². The summed E-state index contributed by atoms with van der Waals surface area (Å²) in [7, 11) is 5.45. The number of anilines is 1. The Bertz CT molecular complexity index is 1090. The van der Waals surface area contributed by atoms with Gasteiger partial charge in [0.15, 0.2) is 0 Å². The quantitative estimate of drug-likeness (QED) is 0.354. The lowest BCUT2D eigenvalue weighted by atomic mass is 9.95. The lowest BCUT2D eigenvalue weighted by Gasteiger charge is -2.29. The summed E-state index contributed by atoms with van der Waals surface area (Å²) in [5.41, 5.74) is 2.33. The van der Waals surface area contributed by atoms with Gasteiger partial charge in [-0.3, -0.25) is 14.5 Å². The van der Waals surface area contributed by atoms with Crippen molar-refractivity contribution in [3.05, 3.63) is 65.2 Å². The molecular weight excluding hydrogens is 446 g/mol. The first-order chi connectivity index (χ1) is 16.9. The maximum Gasteiger partial charge on any atom is 0.295 e. The molecule has 35 heavy (non-hydrogen) atoms. The highest BCUT2D eigenvalue weighted by molar-refractivity contribution is 6.46. The van der Waals surface area contributed by atoms with Gasteiger partial charge in [0.05, 0.1) is 31.9 Å². The summed E-state index contributed by atoms with van der Waals surface area (Å²) in [6, 6.07) is 13.9. The van der Waals surface area contributed by atoms with Crippen LogP contribution < -0.4 is 9.64 Å². The normalized spacial score (nSPS) is 20.3. The van der Waals surface area contributed by atoms with Gasteiger partial charge in [0.2, 0.25) is 0 Å². The molecule has 1 amide bonds. The van der Waals surface area contributed by atoms with E-state index in [4.69, 9.17) is 9.47 Å². The third-order valence-electron chi connectivity index (χ3n) is 6.59. The van der Waals surface area contributed by atoms with Crippen LogP contribution in [0.1, 0.15) is 23.6 Å². The van der Waals surface area contributed by atoms with Crippen molar-refractivity contribution in [2.45, 2.75) is 12.5 Å². The SMILES string of the molecule is COc1cccc(/C(O)=C2\C(=O)C(=O)N(CCCN3CCOCC3)C2c2ccc(N(C)C)cc2)c1. The molecule has 4 rings (SSSR count). The van der Waals surface area contributed by atoms with E-state index in [9.17, 15) is 14.7 Å². The zero-order valence-corrected chi connectivity index (χ0v) is 20.6. The highest BCUT2D eigenvalue weighted by Gasteiger charge is 2.45. The third-order valence-corrected chi connectivity index (χ3v) is 6.59. The van der Waals surface area contributed by atoms with Crippen LogP contribution in [-0.4, -0.2) is 87.2 Å². The second-order valence-electron chi connectivity index (χ2n) is 9.02. The Hall–Kier alpha value is -3.36. The van der Waals surface area contributed by atoms with E-state index in [0.29, 0.717) is 31.1 Å². The predicted octanol–water partition coefficient (Wildman–Crippen LogP) is 2.91. The number of hydrogen-bond acceptors (Lipinski definition) is 7. The number of aliphatic hydroxyl groups excluding tert-OH is 1. The zero-order valence-electron chi connectivity index (χ0n) is 20.6. The number of hydrogen-bond donors (Lipinski definition) is 1. The first-order valence-corrected chi connectivity index (χ1v) is 11.9. The number of ether oxygens (including phenoxy) is 2. The van der Waals surface area contributed by atoms with E-state index in [1.807, 2.05) is 43.3 Å². The molecule has 186 valence electrons. The van der Waals surface area contributed by atoms with E-state index in [-0.39, 0.29) is 11.3 Å². The number of nitrogens with zero attached hydrogens (tertiary/aromatic N) is 3. The molecule has 2 saturated heterocycles. The minimum Gasteiger partial charge on any atom is -0.507 e. The Morgan fingerprint density at radius 1 is 1.09 bits per heavy atom. The second-order valence-corrected chi connectivity index (χ2v) is 9.02. The van der Waals surface area contributed by atoms with Gasteiger partial charge in [0.25, 0.3) is 11.7 Å². The molecule has 0 saturated carbocycles. The highest BCUT2D eigenvalue weighted by Crippen LogP contribution is 2.40. The molecule has 2 fully saturated rings. The largest absolute Gasteiger partial charge is 0.507 e. The van der Waals surface area contributed by atoms with Crippen molar-refractivity contribution in [1.82, 2.24) is 9.80 Å². The van der Waals surface area contributed by atoms with Crippen LogP contribution in [-0.2, 0) is 14.3 Å². The summed E-state index contributed by atoms with van der Waals surface area (Å²) >= 11 is 0.